The van der Waals surface area contributed by atoms with Crippen molar-refractivity contribution in [3.63, 3.8) is 0 Å². The van der Waals surface area contributed by atoms with Gasteiger partial charge >= 0.3 is 11.9 Å². The van der Waals surface area contributed by atoms with Crippen LogP contribution in [0.1, 0.15) is 35.3 Å². The molecule has 7 nitrogen and oxygen atoms in total. The van der Waals surface area contributed by atoms with E-state index in [0.717, 1.165) is 21.3 Å². The van der Waals surface area contributed by atoms with Crippen LogP contribution < -0.4 is 11.2 Å². The quantitative estimate of drug-likeness (QED) is 0.566. The van der Waals surface area contributed by atoms with E-state index in [9.17, 15) is 27.9 Å². The molecule has 1 atom stereocenters. The Balaban J connectivity index is 2.02. The Hall–Kier alpha value is -4.23. The van der Waals surface area contributed by atoms with Gasteiger partial charge in [-0.2, -0.15) is 23.0 Å². The van der Waals surface area contributed by atoms with E-state index in [-0.39, 0.29) is 16.9 Å². The smallest absolute Gasteiger partial charge is 0.394 e. The number of rotatable bonds is 5. The van der Waals surface area contributed by atoms with E-state index in [1.54, 1.807) is 41.1 Å². The van der Waals surface area contributed by atoms with E-state index >= 15 is 0 Å². The molecular weight excluding hydrogens is 461 g/mol. The molecule has 1 N–H and O–H groups in total. The molecule has 0 aliphatic carbocycles. The molecule has 35 heavy (non-hydrogen) atoms. The molecule has 1 aliphatic heterocycles. The van der Waals surface area contributed by atoms with Gasteiger partial charge in [0.05, 0.1) is 41.6 Å². The summed E-state index contributed by atoms with van der Waals surface area (Å²) in [7, 11) is 0. The molecule has 0 radical (unpaired) electrons. The van der Waals surface area contributed by atoms with Crippen LogP contribution in [0.4, 0.5) is 18.9 Å². The van der Waals surface area contributed by atoms with Gasteiger partial charge in [-0.05, 0) is 44.2 Å². The second-order valence-electron chi connectivity index (χ2n) is 8.06. The summed E-state index contributed by atoms with van der Waals surface area (Å²) >= 11 is 0. The number of aliphatic hydroxyl groups is 1. The standard InChI is InChI=1S/C25H20F3N4O3/c1-15(14-33)31-23(34)22(21-10-11-30(21)19-8-6-17(13-29)7-9-19)16(2)32(24(31)35)20-5-3-4-18(12-20)25(26,27)28/h3-12,15,33H,14H2,1-2H3/q+1/t15-/m1/s1. The molecule has 0 saturated carbocycles. The summed E-state index contributed by atoms with van der Waals surface area (Å²) < 4.78 is 43.7. The molecule has 2 heterocycles. The normalized spacial score (nSPS) is 14.0. The van der Waals surface area contributed by atoms with E-state index in [1.165, 1.54) is 26.0 Å². The van der Waals surface area contributed by atoms with Crippen molar-refractivity contribution in [2.45, 2.75) is 26.1 Å². The summed E-state index contributed by atoms with van der Waals surface area (Å²) in [6.45, 7) is 2.44. The first-order valence-electron chi connectivity index (χ1n) is 10.6. The number of benzene rings is 2. The highest BCUT2D eigenvalue weighted by molar-refractivity contribution is 6.08. The number of halogens is 3. The van der Waals surface area contributed by atoms with Gasteiger partial charge in [-0.15, -0.1) is 0 Å². The summed E-state index contributed by atoms with van der Waals surface area (Å²) in [5.41, 5.74) is -0.736. The van der Waals surface area contributed by atoms with Gasteiger partial charge in [-0.25, -0.2) is 4.79 Å². The molecule has 4 rings (SSSR count). The zero-order valence-corrected chi connectivity index (χ0v) is 18.7. The topological polar surface area (TPSA) is 91.0 Å². The van der Waals surface area contributed by atoms with Crippen LogP contribution >= 0.6 is 0 Å². The third kappa shape index (κ3) is 4.11. The molecule has 1 aromatic heterocycles. The number of nitriles is 1. The molecule has 1 aliphatic rings. The van der Waals surface area contributed by atoms with Crippen molar-refractivity contribution in [1.82, 2.24) is 9.13 Å². The lowest BCUT2D eigenvalue weighted by molar-refractivity contribution is -0.370. The number of hydrogen-bond acceptors (Lipinski definition) is 4. The Kier molecular flexibility index (Phi) is 6.05. The molecule has 2 aromatic carbocycles. The third-order valence-corrected chi connectivity index (χ3v) is 5.84. The van der Waals surface area contributed by atoms with Gasteiger partial charge in [0.15, 0.2) is 6.20 Å². The predicted molar refractivity (Wildman–Crippen MR) is 122 cm³/mol. The Morgan fingerprint density at radius 2 is 1.83 bits per heavy atom. The van der Waals surface area contributed by atoms with Crippen molar-refractivity contribution in [2.24, 2.45) is 0 Å². The van der Waals surface area contributed by atoms with Gasteiger partial charge in [-0.1, -0.05) is 6.07 Å². The molecule has 0 saturated heterocycles. The molecule has 178 valence electrons. The largest absolute Gasteiger partial charge is 0.416 e. The van der Waals surface area contributed by atoms with Crippen LogP contribution in [0.15, 0.2) is 70.4 Å². The molecule has 0 amide bonds. The zero-order valence-electron chi connectivity index (χ0n) is 18.7. The molecule has 0 bridgehead atoms. The maximum atomic E-state index is 13.5. The molecule has 0 spiro atoms. The van der Waals surface area contributed by atoms with E-state index < -0.39 is 35.6 Å². The Morgan fingerprint density at radius 1 is 1.14 bits per heavy atom. The Labute approximate surface area is 197 Å². The van der Waals surface area contributed by atoms with Crippen molar-refractivity contribution < 1.29 is 22.9 Å². The monoisotopic (exact) mass is 481 g/mol. The minimum atomic E-state index is -4.62. The van der Waals surface area contributed by atoms with E-state index in [4.69, 9.17) is 5.26 Å². The fourth-order valence-electron chi connectivity index (χ4n) is 3.96. The predicted octanol–water partition coefficient (Wildman–Crippen LogP) is 3.41. The van der Waals surface area contributed by atoms with Crippen LogP contribution in [0.3, 0.4) is 0 Å². The molecule has 0 unspecified atom stereocenters. The molecular formula is C25H20F3N4O3+. The minimum absolute atomic E-state index is 0.0590. The van der Waals surface area contributed by atoms with Crippen LogP contribution in [-0.4, -0.2) is 31.1 Å². The molecule has 10 heteroatoms. The number of allylic oxidation sites excluding steroid dienone is 1. The van der Waals surface area contributed by atoms with Gasteiger partial charge < -0.3 is 5.11 Å². The van der Waals surface area contributed by atoms with E-state index in [0.29, 0.717) is 17.0 Å². The number of aromatic nitrogens is 2. The highest BCUT2D eigenvalue weighted by atomic mass is 19.4. The number of aliphatic hydroxyl groups excluding tert-OH is 1. The van der Waals surface area contributed by atoms with Crippen molar-refractivity contribution in [1.29, 1.82) is 5.26 Å². The van der Waals surface area contributed by atoms with E-state index in [1.807, 2.05) is 6.07 Å². The van der Waals surface area contributed by atoms with Gasteiger partial charge in [0.25, 0.3) is 5.56 Å². The van der Waals surface area contributed by atoms with Crippen molar-refractivity contribution in [3.8, 4) is 11.8 Å². The summed E-state index contributed by atoms with van der Waals surface area (Å²) in [5, 5.41) is 18.7. The number of alkyl halides is 3. The highest BCUT2D eigenvalue weighted by Crippen LogP contribution is 2.30. The molecule has 0 fully saturated rings. The second-order valence-corrected chi connectivity index (χ2v) is 8.06. The average molecular weight is 481 g/mol. The summed E-state index contributed by atoms with van der Waals surface area (Å²) in [6, 6.07) is 12.0. The Morgan fingerprint density at radius 3 is 2.37 bits per heavy atom. The number of hydrogen-bond donors (Lipinski definition) is 1. The second kappa shape index (κ2) is 8.85. The van der Waals surface area contributed by atoms with Gasteiger partial charge in [0, 0.05) is 17.8 Å². The number of nitrogens with zero attached hydrogens (tertiary/aromatic N) is 4. The lowest BCUT2D eigenvalue weighted by Crippen LogP contribution is -2.46. The molecule has 3 aromatic rings. The van der Waals surface area contributed by atoms with Gasteiger partial charge in [0.1, 0.15) is 5.56 Å². The minimum Gasteiger partial charge on any atom is -0.394 e. The van der Waals surface area contributed by atoms with Gasteiger partial charge in [0.2, 0.25) is 11.4 Å². The first-order chi connectivity index (χ1) is 16.6. The lowest BCUT2D eigenvalue weighted by Gasteiger charge is -2.21. The first-order valence-corrected chi connectivity index (χ1v) is 10.6. The lowest BCUT2D eigenvalue weighted by atomic mass is 10.0. The van der Waals surface area contributed by atoms with Crippen molar-refractivity contribution >= 4 is 11.4 Å². The highest BCUT2D eigenvalue weighted by Gasteiger charge is 2.33. The van der Waals surface area contributed by atoms with Crippen molar-refractivity contribution in [2.75, 3.05) is 6.61 Å². The van der Waals surface area contributed by atoms with Crippen LogP contribution in [0, 0.1) is 18.3 Å². The first kappa shape index (κ1) is 23.9. The average Bonchev–Trinajstić information content (AvgIpc) is 2.81. The van der Waals surface area contributed by atoms with Crippen molar-refractivity contribution in [3.05, 3.63) is 104 Å². The van der Waals surface area contributed by atoms with E-state index in [2.05, 4.69) is 0 Å². The van der Waals surface area contributed by atoms with Crippen LogP contribution in [0.2, 0.25) is 0 Å². The van der Waals surface area contributed by atoms with Crippen LogP contribution in [0.25, 0.3) is 5.69 Å². The maximum Gasteiger partial charge on any atom is 0.416 e. The fraction of sp³-hybridized carbons (Fsp3) is 0.200. The fourth-order valence-corrected chi connectivity index (χ4v) is 3.96. The third-order valence-electron chi connectivity index (χ3n) is 5.84. The summed E-state index contributed by atoms with van der Waals surface area (Å²) in [6.07, 6.45) is -1.28. The summed E-state index contributed by atoms with van der Waals surface area (Å²) in [4.78, 5) is 26.8. The maximum absolute atomic E-state index is 13.5. The SMILES string of the molecule is Cc1c(C2=[N+](c3ccc(C#N)cc3)C=C2)c(=O)n([C@H](C)CO)c(=O)n1-c1cccc(C(F)(F)F)c1. The zero-order chi connectivity index (χ0) is 25.5. The summed E-state index contributed by atoms with van der Waals surface area (Å²) in [5.74, 6) is 0. The van der Waals surface area contributed by atoms with Crippen LogP contribution in [0.5, 0.6) is 0 Å². The Bertz CT molecular complexity index is 1540. The van der Waals surface area contributed by atoms with Gasteiger partial charge in [-0.3, -0.25) is 13.9 Å². The van der Waals surface area contributed by atoms with Crippen LogP contribution in [-0.2, 0) is 6.18 Å².